The number of ether oxygens (including phenoxy) is 1. The molecule has 0 aromatic carbocycles. The Labute approximate surface area is 116 Å². The van der Waals surface area contributed by atoms with Crippen molar-refractivity contribution in [2.45, 2.75) is 52.1 Å². The highest BCUT2D eigenvalue weighted by Crippen LogP contribution is 2.21. The average molecular weight is 265 g/mol. The predicted octanol–water partition coefficient (Wildman–Crippen LogP) is 2.24. The van der Waals surface area contributed by atoms with Crippen LogP contribution in [0.2, 0.25) is 0 Å². The molecule has 1 aromatic rings. The molecule has 1 aromatic heterocycles. The molecule has 108 valence electrons. The molecule has 2 heterocycles. The van der Waals surface area contributed by atoms with E-state index in [-0.39, 0.29) is 0 Å². The predicted molar refractivity (Wildman–Crippen MR) is 77.2 cm³/mol. The molecule has 0 spiro atoms. The zero-order valence-electron chi connectivity index (χ0n) is 12.3. The fraction of sp³-hybridized carbons (Fsp3) is 0.800. The summed E-state index contributed by atoms with van der Waals surface area (Å²) in [5, 5.41) is 8.10. The molecule has 1 atom stereocenters. The molecule has 1 aliphatic rings. The summed E-state index contributed by atoms with van der Waals surface area (Å²) < 4.78 is 7.49. The van der Waals surface area contributed by atoms with Gasteiger partial charge in [0.2, 0.25) is 0 Å². The van der Waals surface area contributed by atoms with Crippen molar-refractivity contribution >= 4 is 0 Å². The van der Waals surface area contributed by atoms with Crippen molar-refractivity contribution in [2.75, 3.05) is 19.8 Å². The van der Waals surface area contributed by atoms with Crippen LogP contribution in [-0.4, -0.2) is 35.6 Å². The van der Waals surface area contributed by atoms with Gasteiger partial charge < -0.3 is 10.1 Å². The minimum absolute atomic E-state index is 0.568. The summed E-state index contributed by atoms with van der Waals surface area (Å²) in [5.41, 5.74) is 1.35. The van der Waals surface area contributed by atoms with E-state index >= 15 is 0 Å². The largest absolute Gasteiger partial charge is 0.381 e. The Morgan fingerprint density at radius 3 is 2.84 bits per heavy atom. The van der Waals surface area contributed by atoms with Crippen LogP contribution in [0.25, 0.3) is 0 Å². The molecular formula is C15H27N3O. The van der Waals surface area contributed by atoms with Crippen LogP contribution in [0, 0.1) is 5.92 Å². The Kier molecular flexibility index (Phi) is 5.86. The van der Waals surface area contributed by atoms with Gasteiger partial charge in [-0.15, -0.1) is 0 Å². The maximum absolute atomic E-state index is 5.48. The lowest BCUT2D eigenvalue weighted by molar-refractivity contribution is 0.0538. The number of nitrogens with zero attached hydrogens (tertiary/aromatic N) is 2. The van der Waals surface area contributed by atoms with Crippen molar-refractivity contribution in [3.8, 4) is 0 Å². The molecule has 19 heavy (non-hydrogen) atoms. The third-order valence-electron chi connectivity index (χ3n) is 3.96. The number of rotatable bonds is 7. The Morgan fingerprint density at radius 2 is 2.21 bits per heavy atom. The molecule has 1 fully saturated rings. The summed E-state index contributed by atoms with van der Waals surface area (Å²) in [6.07, 6.45) is 8.84. The van der Waals surface area contributed by atoms with Gasteiger partial charge in [-0.05, 0) is 50.6 Å². The Bertz CT molecular complexity index is 358. The van der Waals surface area contributed by atoms with E-state index in [9.17, 15) is 0 Å². The minimum atomic E-state index is 0.568. The molecule has 0 radical (unpaired) electrons. The van der Waals surface area contributed by atoms with Crippen molar-refractivity contribution in [1.29, 1.82) is 0 Å². The second kappa shape index (κ2) is 7.65. The monoisotopic (exact) mass is 265 g/mol. The number of aromatic nitrogens is 2. The van der Waals surface area contributed by atoms with Crippen LogP contribution in [0.3, 0.4) is 0 Å². The number of hydrogen-bond acceptors (Lipinski definition) is 3. The standard InChI is InChI=1S/C15H27N3O/c1-3-7-16-15(14-5-8-19-9-6-14)10-13-11-17-18(4-2)12-13/h11-12,14-16H,3-10H2,1-2H3. The summed E-state index contributed by atoms with van der Waals surface area (Å²) >= 11 is 0. The van der Waals surface area contributed by atoms with Gasteiger partial charge in [0.1, 0.15) is 0 Å². The van der Waals surface area contributed by atoms with E-state index < -0.39 is 0 Å². The Hall–Kier alpha value is -0.870. The SMILES string of the molecule is CCCNC(Cc1cnn(CC)c1)C1CCOCC1. The van der Waals surface area contributed by atoms with Gasteiger partial charge in [0.05, 0.1) is 6.20 Å². The van der Waals surface area contributed by atoms with Crippen molar-refractivity contribution in [3.63, 3.8) is 0 Å². The summed E-state index contributed by atoms with van der Waals surface area (Å²) in [6, 6.07) is 0.568. The third kappa shape index (κ3) is 4.32. The zero-order chi connectivity index (χ0) is 13.5. The van der Waals surface area contributed by atoms with Crippen LogP contribution in [0.1, 0.15) is 38.7 Å². The van der Waals surface area contributed by atoms with Gasteiger partial charge in [-0.1, -0.05) is 6.92 Å². The van der Waals surface area contributed by atoms with Gasteiger partial charge in [-0.2, -0.15) is 5.10 Å². The van der Waals surface area contributed by atoms with Crippen molar-refractivity contribution in [1.82, 2.24) is 15.1 Å². The first-order chi connectivity index (χ1) is 9.33. The smallest absolute Gasteiger partial charge is 0.0522 e. The molecule has 0 aliphatic carbocycles. The van der Waals surface area contributed by atoms with Gasteiger partial charge in [-0.25, -0.2) is 0 Å². The van der Waals surface area contributed by atoms with Crippen LogP contribution < -0.4 is 5.32 Å². The van der Waals surface area contributed by atoms with E-state index in [4.69, 9.17) is 4.74 Å². The highest BCUT2D eigenvalue weighted by molar-refractivity contribution is 5.07. The second-order valence-electron chi connectivity index (χ2n) is 5.42. The molecular weight excluding hydrogens is 238 g/mol. The summed E-state index contributed by atoms with van der Waals surface area (Å²) in [5.74, 6) is 0.741. The van der Waals surface area contributed by atoms with Crippen LogP contribution in [0.5, 0.6) is 0 Å². The minimum Gasteiger partial charge on any atom is -0.381 e. The lowest BCUT2D eigenvalue weighted by Gasteiger charge is -2.31. The first-order valence-electron chi connectivity index (χ1n) is 7.66. The van der Waals surface area contributed by atoms with E-state index in [1.54, 1.807) is 0 Å². The summed E-state index contributed by atoms with van der Waals surface area (Å²) in [4.78, 5) is 0. The number of hydrogen-bond donors (Lipinski definition) is 1. The fourth-order valence-electron chi connectivity index (χ4n) is 2.79. The third-order valence-corrected chi connectivity index (χ3v) is 3.96. The molecule has 1 aliphatic heterocycles. The topological polar surface area (TPSA) is 39.1 Å². The van der Waals surface area contributed by atoms with E-state index in [1.807, 2.05) is 10.9 Å². The molecule has 0 saturated carbocycles. The zero-order valence-corrected chi connectivity index (χ0v) is 12.3. The maximum atomic E-state index is 5.48. The molecule has 2 rings (SSSR count). The second-order valence-corrected chi connectivity index (χ2v) is 5.42. The molecule has 1 N–H and O–H groups in total. The highest BCUT2D eigenvalue weighted by Gasteiger charge is 2.24. The van der Waals surface area contributed by atoms with Gasteiger partial charge >= 0.3 is 0 Å². The van der Waals surface area contributed by atoms with Crippen molar-refractivity contribution < 1.29 is 4.74 Å². The van der Waals surface area contributed by atoms with Gasteiger partial charge in [0.15, 0.2) is 0 Å². The molecule has 0 amide bonds. The summed E-state index contributed by atoms with van der Waals surface area (Å²) in [7, 11) is 0. The molecule has 1 unspecified atom stereocenters. The lowest BCUT2D eigenvalue weighted by Crippen LogP contribution is -2.41. The first-order valence-corrected chi connectivity index (χ1v) is 7.66. The van der Waals surface area contributed by atoms with Gasteiger partial charge in [0.25, 0.3) is 0 Å². The summed E-state index contributed by atoms with van der Waals surface area (Å²) in [6.45, 7) is 8.24. The van der Waals surface area contributed by atoms with Crippen LogP contribution >= 0.6 is 0 Å². The Balaban J connectivity index is 1.95. The normalized spacial score (nSPS) is 18.6. The van der Waals surface area contributed by atoms with E-state index in [1.165, 1.54) is 24.8 Å². The molecule has 0 bridgehead atoms. The van der Waals surface area contributed by atoms with Crippen LogP contribution in [0.15, 0.2) is 12.4 Å². The van der Waals surface area contributed by atoms with Gasteiger partial charge in [0, 0.05) is 32.0 Å². The molecule has 1 saturated heterocycles. The Morgan fingerprint density at radius 1 is 1.42 bits per heavy atom. The lowest BCUT2D eigenvalue weighted by atomic mass is 9.88. The number of aryl methyl sites for hydroxylation is 1. The van der Waals surface area contributed by atoms with E-state index in [0.29, 0.717) is 6.04 Å². The van der Waals surface area contributed by atoms with Crippen LogP contribution in [-0.2, 0) is 17.7 Å². The van der Waals surface area contributed by atoms with E-state index in [2.05, 4.69) is 30.5 Å². The highest BCUT2D eigenvalue weighted by atomic mass is 16.5. The average Bonchev–Trinajstić information content (AvgIpc) is 2.92. The van der Waals surface area contributed by atoms with Gasteiger partial charge in [-0.3, -0.25) is 4.68 Å². The quantitative estimate of drug-likeness (QED) is 0.822. The first kappa shape index (κ1) is 14.5. The molecule has 4 nitrogen and oxygen atoms in total. The fourth-order valence-corrected chi connectivity index (χ4v) is 2.79. The van der Waals surface area contributed by atoms with Crippen molar-refractivity contribution in [3.05, 3.63) is 18.0 Å². The number of nitrogens with one attached hydrogen (secondary N) is 1. The molecule has 4 heteroatoms. The van der Waals surface area contributed by atoms with Crippen LogP contribution in [0.4, 0.5) is 0 Å². The van der Waals surface area contributed by atoms with E-state index in [0.717, 1.165) is 38.6 Å². The van der Waals surface area contributed by atoms with Crippen molar-refractivity contribution in [2.24, 2.45) is 5.92 Å². The maximum Gasteiger partial charge on any atom is 0.0522 e.